The maximum Gasteiger partial charge on any atom is 0.253 e. The Labute approximate surface area is 156 Å². The summed E-state index contributed by atoms with van der Waals surface area (Å²) in [6.45, 7) is 3.36. The fraction of sp³-hybridized carbons (Fsp3) is 0.364. The van der Waals surface area contributed by atoms with Crippen LogP contribution >= 0.6 is 0 Å². The van der Waals surface area contributed by atoms with Gasteiger partial charge in [0.05, 0.1) is 0 Å². The van der Waals surface area contributed by atoms with Crippen molar-refractivity contribution in [2.24, 2.45) is 0 Å². The van der Waals surface area contributed by atoms with Crippen molar-refractivity contribution < 1.29 is 9.59 Å². The van der Waals surface area contributed by atoms with Gasteiger partial charge in [0.2, 0.25) is 5.91 Å². The summed E-state index contributed by atoms with van der Waals surface area (Å²) < 4.78 is 0. The van der Waals surface area contributed by atoms with Gasteiger partial charge in [-0.05, 0) is 36.1 Å². The average molecular weight is 352 g/mol. The molecule has 26 heavy (non-hydrogen) atoms. The van der Waals surface area contributed by atoms with Crippen LogP contribution in [0.15, 0.2) is 54.6 Å². The van der Waals surface area contributed by atoms with Gasteiger partial charge in [-0.1, -0.05) is 55.8 Å². The average Bonchev–Trinajstić information content (AvgIpc) is 2.69. The molecule has 138 valence electrons. The molecule has 4 nitrogen and oxygen atoms in total. The van der Waals surface area contributed by atoms with Crippen molar-refractivity contribution in [3.8, 4) is 0 Å². The van der Waals surface area contributed by atoms with Crippen LogP contribution in [0.25, 0.3) is 0 Å². The molecule has 2 amide bonds. The predicted octanol–water partition coefficient (Wildman–Crippen LogP) is 3.81. The Balaban J connectivity index is 1.78. The molecule has 2 aromatic rings. The standard InChI is InChI=1S/C22H28N2O2/c1-3-4-16-24(2)22(26)20-13-10-19(11-14-20)17-23-21(25)15-12-18-8-6-5-7-9-18/h5-11,13-14H,3-4,12,15-17H2,1-2H3,(H,23,25). The summed E-state index contributed by atoms with van der Waals surface area (Å²) in [6.07, 6.45) is 3.29. The lowest BCUT2D eigenvalue weighted by Gasteiger charge is -2.17. The number of aryl methyl sites for hydroxylation is 1. The highest BCUT2D eigenvalue weighted by molar-refractivity contribution is 5.94. The molecule has 0 saturated carbocycles. The summed E-state index contributed by atoms with van der Waals surface area (Å²) in [7, 11) is 1.83. The topological polar surface area (TPSA) is 49.4 Å². The number of hydrogen-bond donors (Lipinski definition) is 1. The molecule has 4 heteroatoms. The smallest absolute Gasteiger partial charge is 0.253 e. The first-order chi connectivity index (χ1) is 12.6. The van der Waals surface area contributed by atoms with E-state index in [1.54, 1.807) is 4.90 Å². The molecule has 0 saturated heterocycles. The maximum atomic E-state index is 12.3. The summed E-state index contributed by atoms with van der Waals surface area (Å²) in [6, 6.07) is 17.5. The first-order valence-corrected chi connectivity index (χ1v) is 9.25. The van der Waals surface area contributed by atoms with Gasteiger partial charge in [0, 0.05) is 32.1 Å². The predicted molar refractivity (Wildman–Crippen MR) is 105 cm³/mol. The molecule has 0 bridgehead atoms. The van der Waals surface area contributed by atoms with Gasteiger partial charge in [0.1, 0.15) is 0 Å². The Bertz CT molecular complexity index is 696. The van der Waals surface area contributed by atoms with Crippen molar-refractivity contribution in [2.75, 3.05) is 13.6 Å². The van der Waals surface area contributed by atoms with E-state index >= 15 is 0 Å². The normalized spacial score (nSPS) is 10.4. The third-order valence-corrected chi connectivity index (χ3v) is 4.37. The van der Waals surface area contributed by atoms with Crippen LogP contribution in [0.2, 0.25) is 0 Å². The zero-order valence-corrected chi connectivity index (χ0v) is 15.7. The maximum absolute atomic E-state index is 12.3. The largest absolute Gasteiger partial charge is 0.352 e. The van der Waals surface area contributed by atoms with E-state index < -0.39 is 0 Å². The van der Waals surface area contributed by atoms with Crippen LogP contribution in [0, 0.1) is 0 Å². The molecular formula is C22H28N2O2. The second-order valence-corrected chi connectivity index (χ2v) is 6.54. The Morgan fingerprint density at radius 2 is 1.65 bits per heavy atom. The quantitative estimate of drug-likeness (QED) is 0.746. The molecule has 2 aromatic carbocycles. The third kappa shape index (κ3) is 6.36. The zero-order valence-electron chi connectivity index (χ0n) is 15.7. The lowest BCUT2D eigenvalue weighted by molar-refractivity contribution is -0.121. The summed E-state index contributed by atoms with van der Waals surface area (Å²) >= 11 is 0. The Kier molecular flexibility index (Phi) is 7.87. The van der Waals surface area contributed by atoms with Gasteiger partial charge in [-0.3, -0.25) is 9.59 Å². The molecule has 2 rings (SSSR count). The number of nitrogens with one attached hydrogen (secondary N) is 1. The van der Waals surface area contributed by atoms with Crippen LogP contribution in [-0.2, 0) is 17.8 Å². The van der Waals surface area contributed by atoms with Crippen molar-refractivity contribution in [1.29, 1.82) is 0 Å². The van der Waals surface area contributed by atoms with E-state index in [4.69, 9.17) is 0 Å². The Hall–Kier alpha value is -2.62. The fourth-order valence-corrected chi connectivity index (χ4v) is 2.67. The van der Waals surface area contributed by atoms with Crippen LogP contribution in [0.1, 0.15) is 47.7 Å². The number of hydrogen-bond acceptors (Lipinski definition) is 2. The Morgan fingerprint density at radius 3 is 2.31 bits per heavy atom. The Morgan fingerprint density at radius 1 is 0.962 bits per heavy atom. The molecule has 0 heterocycles. The van der Waals surface area contributed by atoms with Gasteiger partial charge >= 0.3 is 0 Å². The molecule has 0 unspecified atom stereocenters. The van der Waals surface area contributed by atoms with E-state index in [0.717, 1.165) is 36.9 Å². The van der Waals surface area contributed by atoms with Gasteiger partial charge in [-0.2, -0.15) is 0 Å². The summed E-state index contributed by atoms with van der Waals surface area (Å²) in [5.41, 5.74) is 2.84. The molecule has 0 aliphatic rings. The summed E-state index contributed by atoms with van der Waals surface area (Å²) in [4.78, 5) is 26.0. The number of nitrogens with zero attached hydrogens (tertiary/aromatic N) is 1. The van der Waals surface area contributed by atoms with Crippen molar-refractivity contribution in [3.05, 3.63) is 71.3 Å². The zero-order chi connectivity index (χ0) is 18.8. The van der Waals surface area contributed by atoms with Gasteiger partial charge in [0.15, 0.2) is 0 Å². The molecule has 0 aliphatic heterocycles. The van der Waals surface area contributed by atoms with E-state index in [1.807, 2.05) is 61.6 Å². The molecule has 1 N–H and O–H groups in total. The number of benzene rings is 2. The first-order valence-electron chi connectivity index (χ1n) is 9.25. The number of rotatable bonds is 9. The van der Waals surface area contributed by atoms with E-state index in [0.29, 0.717) is 18.5 Å². The number of unbranched alkanes of at least 4 members (excludes halogenated alkanes) is 1. The number of carbonyl (C=O) groups is 2. The van der Waals surface area contributed by atoms with Crippen LogP contribution in [0.4, 0.5) is 0 Å². The number of amides is 2. The van der Waals surface area contributed by atoms with Crippen molar-refractivity contribution in [3.63, 3.8) is 0 Å². The van der Waals surface area contributed by atoms with Crippen molar-refractivity contribution in [2.45, 2.75) is 39.2 Å². The highest BCUT2D eigenvalue weighted by atomic mass is 16.2. The van der Waals surface area contributed by atoms with Gasteiger partial charge in [-0.25, -0.2) is 0 Å². The van der Waals surface area contributed by atoms with Crippen LogP contribution in [0.3, 0.4) is 0 Å². The van der Waals surface area contributed by atoms with E-state index in [2.05, 4.69) is 12.2 Å². The van der Waals surface area contributed by atoms with E-state index in [-0.39, 0.29) is 11.8 Å². The van der Waals surface area contributed by atoms with Crippen molar-refractivity contribution >= 4 is 11.8 Å². The second kappa shape index (κ2) is 10.4. The molecule has 0 atom stereocenters. The molecular weight excluding hydrogens is 324 g/mol. The van der Waals surface area contributed by atoms with Crippen LogP contribution in [-0.4, -0.2) is 30.3 Å². The van der Waals surface area contributed by atoms with Crippen LogP contribution < -0.4 is 5.32 Å². The van der Waals surface area contributed by atoms with Crippen LogP contribution in [0.5, 0.6) is 0 Å². The monoisotopic (exact) mass is 352 g/mol. The van der Waals surface area contributed by atoms with Gasteiger partial charge in [-0.15, -0.1) is 0 Å². The second-order valence-electron chi connectivity index (χ2n) is 6.54. The highest BCUT2D eigenvalue weighted by Crippen LogP contribution is 2.08. The van der Waals surface area contributed by atoms with Gasteiger partial charge < -0.3 is 10.2 Å². The molecule has 0 fully saturated rings. The molecule has 0 radical (unpaired) electrons. The molecule has 0 aliphatic carbocycles. The van der Waals surface area contributed by atoms with E-state index in [9.17, 15) is 9.59 Å². The summed E-state index contributed by atoms with van der Waals surface area (Å²) in [5.74, 6) is 0.0743. The third-order valence-electron chi connectivity index (χ3n) is 4.37. The fourth-order valence-electron chi connectivity index (χ4n) is 2.67. The van der Waals surface area contributed by atoms with Gasteiger partial charge in [0.25, 0.3) is 5.91 Å². The lowest BCUT2D eigenvalue weighted by Crippen LogP contribution is -2.27. The lowest BCUT2D eigenvalue weighted by atomic mass is 10.1. The minimum absolute atomic E-state index is 0.0355. The highest BCUT2D eigenvalue weighted by Gasteiger charge is 2.11. The minimum Gasteiger partial charge on any atom is -0.352 e. The molecule has 0 spiro atoms. The molecule has 0 aromatic heterocycles. The van der Waals surface area contributed by atoms with Crippen molar-refractivity contribution in [1.82, 2.24) is 10.2 Å². The summed E-state index contributed by atoms with van der Waals surface area (Å²) in [5, 5.41) is 2.93. The minimum atomic E-state index is 0.0355. The number of carbonyl (C=O) groups excluding carboxylic acids is 2. The SMILES string of the molecule is CCCCN(C)C(=O)c1ccc(CNC(=O)CCc2ccccc2)cc1. The first kappa shape index (κ1) is 19.7. The van der Waals surface area contributed by atoms with E-state index in [1.165, 1.54) is 0 Å².